The highest BCUT2D eigenvalue weighted by Gasteiger charge is 2.00. The van der Waals surface area contributed by atoms with Gasteiger partial charge in [-0.05, 0) is 0 Å². The highest BCUT2D eigenvalue weighted by atomic mass is 35.8. The van der Waals surface area contributed by atoms with Gasteiger partial charge < -0.3 is 0 Å². The van der Waals surface area contributed by atoms with E-state index in [0.29, 0.717) is 0 Å². The van der Waals surface area contributed by atoms with E-state index in [-0.39, 0.29) is 4.70 Å². The minimum Gasteiger partial charge on any atom is -0.269 e. The summed E-state index contributed by atoms with van der Waals surface area (Å²) in [6, 6.07) is 0. The van der Waals surface area contributed by atoms with Gasteiger partial charge in [-0.1, -0.05) is 0 Å². The molecule has 32 valence electrons. The van der Waals surface area contributed by atoms with Crippen molar-refractivity contribution in [2.45, 2.75) is 0 Å². The first kappa shape index (κ1) is 9.59. The van der Waals surface area contributed by atoms with E-state index in [9.17, 15) is 0 Å². The lowest BCUT2D eigenvalue weighted by Crippen LogP contribution is -1.66. The molecule has 0 rings (SSSR count). The van der Waals surface area contributed by atoms with Crippen molar-refractivity contribution >= 4 is 41.5 Å². The van der Waals surface area contributed by atoms with Crippen LogP contribution in [-0.4, -0.2) is 11.4 Å². The van der Waals surface area contributed by atoms with Crippen molar-refractivity contribution in [1.82, 2.24) is 0 Å². The third-order valence-electron chi connectivity index (χ3n) is 0. The monoisotopic (exact) mass is 152 g/mol. The van der Waals surface area contributed by atoms with E-state index in [4.69, 9.17) is 30.1 Å². The van der Waals surface area contributed by atoms with Gasteiger partial charge in [-0.2, -0.15) is 0 Å². The fraction of sp³-hybridized carbons (Fsp3) is 0. The van der Waals surface area contributed by atoms with Gasteiger partial charge in [0.15, 0.2) is 0 Å². The van der Waals surface area contributed by atoms with Gasteiger partial charge in [0.1, 0.15) is 0 Å². The highest BCUT2D eigenvalue weighted by Crippen LogP contribution is 1.97. The maximum atomic E-state index is 4.94. The molecule has 0 aromatic carbocycles. The summed E-state index contributed by atoms with van der Waals surface area (Å²) in [5, 5.41) is 0. The normalized spacial score (nSPS) is 5.40. The number of hydrogen-bond donors (Lipinski definition) is 0. The van der Waals surface area contributed by atoms with Crippen LogP contribution in [0, 0.1) is 0 Å². The molecule has 0 aliphatic rings. The van der Waals surface area contributed by atoms with Crippen LogP contribution in [0.4, 0.5) is 4.70 Å². The molecular weight excluding hydrogens is 152 g/mol. The average molecular weight is 153 g/mol. The second-order valence-corrected chi connectivity index (χ2v) is 6.68. The van der Waals surface area contributed by atoms with Crippen LogP contribution in [0.3, 0.4) is 0 Å². The maximum absolute atomic E-state index is 4.94. The Balaban J connectivity index is 0. The largest absolute Gasteiger partial charge is 0.643 e. The van der Waals surface area contributed by atoms with Crippen LogP contribution in [0.2, 0.25) is 0 Å². The summed E-state index contributed by atoms with van der Waals surface area (Å²) in [5.74, 6) is 0. The summed E-state index contributed by atoms with van der Waals surface area (Å²) >= 11 is -1.72. The molecule has 0 unspecified atom stereocenters. The van der Waals surface area contributed by atoms with Gasteiger partial charge in [-0.3, -0.25) is 4.70 Å². The van der Waals surface area contributed by atoms with Gasteiger partial charge in [0.25, 0.3) is 0 Å². The molecule has 0 spiro atoms. The van der Waals surface area contributed by atoms with Gasteiger partial charge in [0, 0.05) is 0 Å². The zero-order chi connectivity index (χ0) is 3.58. The molecule has 0 aromatic rings. The van der Waals surface area contributed by atoms with Crippen molar-refractivity contribution in [2.75, 3.05) is 0 Å². The van der Waals surface area contributed by atoms with E-state index >= 15 is 0 Å². The molecule has 0 saturated carbocycles. The predicted molar refractivity (Wildman–Crippen MR) is 25.8 cm³/mol. The molecule has 0 N–H and O–H groups in total. The molecule has 0 fully saturated rings. The second-order valence-electron chi connectivity index (χ2n) is 0.247. The zero-order valence-corrected chi connectivity index (χ0v) is 5.54. The first-order valence-corrected chi connectivity index (χ1v) is 5.89. The Labute approximate surface area is 46.4 Å². The fourth-order valence-electron chi connectivity index (χ4n) is 0. The molecule has 0 aliphatic carbocycles. The molecule has 0 nitrogen and oxygen atoms in total. The molecule has 0 amide bonds. The van der Waals surface area contributed by atoms with Gasteiger partial charge in [-0.25, -0.2) is 30.1 Å². The standard InChI is InChI=1S/Al.3ClH.FH/h;4*1H/q+3;;;;/p-3. The van der Waals surface area contributed by atoms with E-state index in [1.807, 2.05) is 0 Å². The first-order valence-electron chi connectivity index (χ1n) is 0.655. The van der Waals surface area contributed by atoms with Gasteiger partial charge >= 0.3 is 11.4 Å². The zero-order valence-electron chi connectivity index (χ0n) is 2.12. The Morgan fingerprint density at radius 3 is 1.00 bits per heavy atom. The lowest BCUT2D eigenvalue weighted by Gasteiger charge is -1.57. The van der Waals surface area contributed by atoms with Crippen molar-refractivity contribution in [3.63, 3.8) is 0 Å². The number of rotatable bonds is 0. The molecule has 5 heavy (non-hydrogen) atoms. The number of hydrogen-bond acceptors (Lipinski definition) is 0. The van der Waals surface area contributed by atoms with E-state index < -0.39 is 11.4 Å². The maximum Gasteiger partial charge on any atom is 0.643 e. The van der Waals surface area contributed by atoms with Crippen LogP contribution in [0.5, 0.6) is 0 Å². The van der Waals surface area contributed by atoms with Gasteiger partial charge in [0.05, 0.1) is 0 Å². The van der Waals surface area contributed by atoms with Crippen molar-refractivity contribution < 1.29 is 4.70 Å². The summed E-state index contributed by atoms with van der Waals surface area (Å²) in [4.78, 5) is 0. The van der Waals surface area contributed by atoms with Crippen molar-refractivity contribution in [1.29, 1.82) is 0 Å². The molecule has 0 radical (unpaired) electrons. The number of halogens is 4. The Morgan fingerprint density at radius 1 is 1.00 bits per heavy atom. The van der Waals surface area contributed by atoms with E-state index in [1.54, 1.807) is 0 Å². The minimum absolute atomic E-state index is 0. The Kier molecular flexibility index (Phi) is 10.2. The van der Waals surface area contributed by atoms with E-state index in [1.165, 1.54) is 0 Å². The van der Waals surface area contributed by atoms with Gasteiger partial charge in [-0.15, -0.1) is 0 Å². The molecule has 0 aliphatic heterocycles. The van der Waals surface area contributed by atoms with Gasteiger partial charge in [0.2, 0.25) is 0 Å². The smallest absolute Gasteiger partial charge is 0.269 e. The molecule has 5 heteroatoms. The molecule has 0 heterocycles. The SMILES string of the molecule is F.[Cl][Al]([Cl])[Cl]. The van der Waals surface area contributed by atoms with Crippen LogP contribution in [0.15, 0.2) is 0 Å². The molecule has 0 saturated heterocycles. The summed E-state index contributed by atoms with van der Waals surface area (Å²) in [6.07, 6.45) is 0. The Bertz CT molecular complexity index is 11.6. The molecular formula is HAlCl3F. The Morgan fingerprint density at radius 2 is 1.00 bits per heavy atom. The van der Waals surface area contributed by atoms with Crippen LogP contribution in [0.25, 0.3) is 0 Å². The third-order valence-corrected chi connectivity index (χ3v) is 0. The summed E-state index contributed by atoms with van der Waals surface area (Å²) < 4.78 is 0. The average Bonchev–Trinajstić information content (AvgIpc) is 0.811. The summed E-state index contributed by atoms with van der Waals surface area (Å²) in [5.41, 5.74) is 0. The molecule has 0 aromatic heterocycles. The summed E-state index contributed by atoms with van der Waals surface area (Å²) in [6.45, 7) is 0. The minimum atomic E-state index is -1.72. The Hall–Kier alpha value is 1.33. The van der Waals surface area contributed by atoms with Crippen LogP contribution >= 0.6 is 30.1 Å². The van der Waals surface area contributed by atoms with E-state index in [2.05, 4.69) is 0 Å². The highest BCUT2D eigenvalue weighted by molar-refractivity contribution is 7.54. The van der Waals surface area contributed by atoms with Crippen molar-refractivity contribution in [2.24, 2.45) is 0 Å². The lowest BCUT2D eigenvalue weighted by molar-refractivity contribution is 1.11. The fourth-order valence-corrected chi connectivity index (χ4v) is 0. The van der Waals surface area contributed by atoms with Crippen molar-refractivity contribution in [3.8, 4) is 0 Å². The molecule has 0 bridgehead atoms. The summed E-state index contributed by atoms with van der Waals surface area (Å²) in [7, 11) is 14.8. The van der Waals surface area contributed by atoms with Crippen LogP contribution in [0.1, 0.15) is 0 Å². The lowest BCUT2D eigenvalue weighted by atomic mass is 19.0. The third kappa shape index (κ3) is 33.4. The quantitative estimate of drug-likeness (QED) is 0.466. The van der Waals surface area contributed by atoms with Crippen LogP contribution < -0.4 is 0 Å². The topological polar surface area (TPSA) is 0 Å². The van der Waals surface area contributed by atoms with Crippen LogP contribution in [-0.2, 0) is 0 Å². The second kappa shape index (κ2) is 5.33. The molecule has 0 atom stereocenters. The van der Waals surface area contributed by atoms with Crippen molar-refractivity contribution in [3.05, 3.63) is 0 Å². The predicted octanol–water partition coefficient (Wildman–Crippen LogP) is 1.84. The first-order chi connectivity index (χ1) is 1.73. The van der Waals surface area contributed by atoms with E-state index in [0.717, 1.165) is 0 Å².